The third-order valence-corrected chi connectivity index (χ3v) is 3.61. The van der Waals surface area contributed by atoms with Gasteiger partial charge in [0.15, 0.2) is 0 Å². The number of hydrogen-bond donors (Lipinski definition) is 1. The fraction of sp³-hybridized carbons (Fsp3) is 0.667. The molecular weight excluding hydrogens is 222 g/mol. The Balaban J connectivity index is 2.34. The number of fused-ring (bicyclic) bond motifs is 1. The second-order valence-corrected chi connectivity index (χ2v) is 5.12. The van der Waals surface area contributed by atoms with Gasteiger partial charge in [0.25, 0.3) is 0 Å². The van der Waals surface area contributed by atoms with Gasteiger partial charge in [0.2, 0.25) is 0 Å². The predicted molar refractivity (Wildman–Crippen MR) is 76.9 cm³/mol. The van der Waals surface area contributed by atoms with Crippen molar-refractivity contribution in [2.75, 3.05) is 18.0 Å². The molecule has 18 heavy (non-hydrogen) atoms. The van der Waals surface area contributed by atoms with Crippen molar-refractivity contribution < 1.29 is 0 Å². The van der Waals surface area contributed by atoms with Gasteiger partial charge in [-0.1, -0.05) is 13.8 Å². The molecule has 0 radical (unpaired) electrons. The second-order valence-electron chi connectivity index (χ2n) is 5.12. The van der Waals surface area contributed by atoms with Crippen LogP contribution in [0, 0.1) is 0 Å². The summed E-state index contributed by atoms with van der Waals surface area (Å²) in [6.07, 6.45) is 5.87. The summed E-state index contributed by atoms with van der Waals surface area (Å²) in [4.78, 5) is 7.31. The number of pyridine rings is 1. The molecule has 1 aromatic heterocycles. The molecular formula is C15H25N3. The molecule has 1 aromatic rings. The van der Waals surface area contributed by atoms with Crippen LogP contribution < -0.4 is 10.6 Å². The molecule has 0 aliphatic heterocycles. The highest BCUT2D eigenvalue weighted by Crippen LogP contribution is 2.27. The van der Waals surface area contributed by atoms with Crippen molar-refractivity contribution in [3.05, 3.63) is 22.9 Å². The molecule has 0 fully saturated rings. The van der Waals surface area contributed by atoms with Crippen molar-refractivity contribution in [1.29, 1.82) is 0 Å². The molecule has 0 atom stereocenters. The van der Waals surface area contributed by atoms with Gasteiger partial charge >= 0.3 is 0 Å². The lowest BCUT2D eigenvalue weighted by Gasteiger charge is -2.25. The number of nitrogens with two attached hydrogens (primary N) is 1. The molecule has 1 aliphatic rings. The van der Waals surface area contributed by atoms with Crippen molar-refractivity contribution in [3.63, 3.8) is 0 Å². The van der Waals surface area contributed by atoms with E-state index in [1.807, 2.05) is 0 Å². The predicted octanol–water partition coefficient (Wildman–Crippen LogP) is 2.66. The summed E-state index contributed by atoms with van der Waals surface area (Å²) >= 11 is 0. The maximum atomic E-state index is 5.91. The average molecular weight is 247 g/mol. The first kappa shape index (κ1) is 13.3. The molecule has 0 spiro atoms. The zero-order valence-corrected chi connectivity index (χ0v) is 11.7. The van der Waals surface area contributed by atoms with E-state index >= 15 is 0 Å². The molecule has 3 heteroatoms. The van der Waals surface area contributed by atoms with Gasteiger partial charge in [0, 0.05) is 30.9 Å². The highest BCUT2D eigenvalue weighted by Gasteiger charge is 2.18. The Morgan fingerprint density at radius 1 is 1.22 bits per heavy atom. The Morgan fingerprint density at radius 3 is 2.56 bits per heavy atom. The molecule has 0 saturated carbocycles. The number of aromatic nitrogens is 1. The van der Waals surface area contributed by atoms with Crippen LogP contribution in [0.1, 0.15) is 49.9 Å². The lowest BCUT2D eigenvalue weighted by molar-refractivity contribution is 0.725. The Kier molecular flexibility index (Phi) is 4.59. The molecule has 0 aromatic carbocycles. The maximum absolute atomic E-state index is 5.91. The summed E-state index contributed by atoms with van der Waals surface area (Å²) in [5, 5.41) is 0. The Hall–Kier alpha value is -1.09. The Morgan fingerprint density at radius 2 is 1.94 bits per heavy atom. The van der Waals surface area contributed by atoms with E-state index in [0.29, 0.717) is 6.54 Å². The lowest BCUT2D eigenvalue weighted by Crippen LogP contribution is -2.28. The van der Waals surface area contributed by atoms with Gasteiger partial charge < -0.3 is 10.6 Å². The summed E-state index contributed by atoms with van der Waals surface area (Å²) < 4.78 is 0. The van der Waals surface area contributed by atoms with Gasteiger partial charge in [-0.2, -0.15) is 0 Å². The van der Waals surface area contributed by atoms with Gasteiger partial charge in [-0.25, -0.2) is 4.98 Å². The summed E-state index contributed by atoms with van der Waals surface area (Å²) in [5.41, 5.74) is 9.86. The van der Waals surface area contributed by atoms with E-state index in [1.54, 1.807) is 0 Å². The number of rotatable bonds is 6. The highest BCUT2D eigenvalue weighted by molar-refractivity contribution is 5.51. The minimum atomic E-state index is 0.597. The number of nitrogens with zero attached hydrogens (tertiary/aromatic N) is 2. The van der Waals surface area contributed by atoms with Crippen LogP contribution in [0.15, 0.2) is 6.07 Å². The maximum Gasteiger partial charge on any atom is 0.133 e. The minimum absolute atomic E-state index is 0.597. The SMILES string of the molecule is CCCN(CCC)c1nc2c(cc1CN)CCC2. The third-order valence-electron chi connectivity index (χ3n) is 3.61. The summed E-state index contributed by atoms with van der Waals surface area (Å²) in [6.45, 7) is 7.19. The minimum Gasteiger partial charge on any atom is -0.356 e. The molecule has 0 unspecified atom stereocenters. The van der Waals surface area contributed by atoms with Crippen LogP contribution in [-0.4, -0.2) is 18.1 Å². The van der Waals surface area contributed by atoms with E-state index in [0.717, 1.165) is 38.2 Å². The lowest BCUT2D eigenvalue weighted by atomic mass is 10.1. The van der Waals surface area contributed by atoms with Crippen LogP contribution in [0.2, 0.25) is 0 Å². The second kappa shape index (κ2) is 6.19. The average Bonchev–Trinajstić information content (AvgIpc) is 2.84. The smallest absolute Gasteiger partial charge is 0.133 e. The molecule has 1 aliphatic carbocycles. The molecule has 0 saturated heterocycles. The summed E-state index contributed by atoms with van der Waals surface area (Å²) in [6, 6.07) is 2.29. The first-order valence-electron chi connectivity index (χ1n) is 7.26. The fourth-order valence-corrected chi connectivity index (χ4v) is 2.80. The van der Waals surface area contributed by atoms with E-state index in [9.17, 15) is 0 Å². The van der Waals surface area contributed by atoms with E-state index < -0.39 is 0 Å². The van der Waals surface area contributed by atoms with E-state index in [4.69, 9.17) is 10.7 Å². The van der Waals surface area contributed by atoms with Crippen molar-refractivity contribution in [3.8, 4) is 0 Å². The topological polar surface area (TPSA) is 42.2 Å². The summed E-state index contributed by atoms with van der Waals surface area (Å²) in [7, 11) is 0. The van der Waals surface area contributed by atoms with E-state index in [2.05, 4.69) is 24.8 Å². The monoisotopic (exact) mass is 247 g/mol. The quantitative estimate of drug-likeness (QED) is 0.840. The van der Waals surface area contributed by atoms with Crippen LogP contribution in [0.5, 0.6) is 0 Å². The number of hydrogen-bond acceptors (Lipinski definition) is 3. The zero-order chi connectivity index (χ0) is 13.0. The largest absolute Gasteiger partial charge is 0.356 e. The third kappa shape index (κ3) is 2.66. The first-order valence-corrected chi connectivity index (χ1v) is 7.26. The van der Waals surface area contributed by atoms with Crippen molar-refractivity contribution in [1.82, 2.24) is 4.98 Å². The fourth-order valence-electron chi connectivity index (χ4n) is 2.80. The van der Waals surface area contributed by atoms with Crippen LogP contribution in [0.3, 0.4) is 0 Å². The number of anilines is 1. The van der Waals surface area contributed by atoms with Gasteiger partial charge in [-0.3, -0.25) is 0 Å². The van der Waals surface area contributed by atoms with Gasteiger partial charge in [0.1, 0.15) is 5.82 Å². The van der Waals surface area contributed by atoms with Crippen molar-refractivity contribution in [2.24, 2.45) is 5.73 Å². The highest BCUT2D eigenvalue weighted by atomic mass is 15.2. The molecule has 2 rings (SSSR count). The normalized spacial score (nSPS) is 13.7. The van der Waals surface area contributed by atoms with Crippen LogP contribution in [0.4, 0.5) is 5.82 Å². The van der Waals surface area contributed by atoms with Gasteiger partial charge in [-0.05, 0) is 43.7 Å². The first-order chi connectivity index (χ1) is 8.80. The Labute approximate surface area is 110 Å². The molecule has 0 amide bonds. The molecule has 0 bridgehead atoms. The van der Waals surface area contributed by atoms with Crippen molar-refractivity contribution in [2.45, 2.75) is 52.5 Å². The van der Waals surface area contributed by atoms with Crippen LogP contribution in [0.25, 0.3) is 0 Å². The van der Waals surface area contributed by atoms with Crippen LogP contribution in [-0.2, 0) is 19.4 Å². The molecule has 100 valence electrons. The standard InChI is InChI=1S/C15H25N3/c1-3-8-18(9-4-2)15-13(11-16)10-12-6-5-7-14(12)17-15/h10H,3-9,11,16H2,1-2H3. The molecule has 1 heterocycles. The van der Waals surface area contributed by atoms with Gasteiger partial charge in [-0.15, -0.1) is 0 Å². The van der Waals surface area contributed by atoms with E-state index in [1.165, 1.54) is 29.7 Å². The van der Waals surface area contributed by atoms with Crippen LogP contribution >= 0.6 is 0 Å². The Bertz CT molecular complexity index is 395. The molecule has 3 nitrogen and oxygen atoms in total. The van der Waals surface area contributed by atoms with Gasteiger partial charge in [0.05, 0.1) is 0 Å². The summed E-state index contributed by atoms with van der Waals surface area (Å²) in [5.74, 6) is 1.14. The molecule has 2 N–H and O–H groups in total. The number of aryl methyl sites for hydroxylation is 2. The van der Waals surface area contributed by atoms with Crippen molar-refractivity contribution >= 4 is 5.82 Å². The van der Waals surface area contributed by atoms with E-state index in [-0.39, 0.29) is 0 Å². The zero-order valence-electron chi connectivity index (χ0n) is 11.7.